The maximum atomic E-state index is 11.0. The molecule has 0 bridgehead atoms. The van der Waals surface area contributed by atoms with Gasteiger partial charge >= 0.3 is 0 Å². The Labute approximate surface area is 112 Å². The Hall–Kier alpha value is -1.18. The van der Waals surface area contributed by atoms with Crippen LogP contribution < -0.4 is 5.32 Å². The quantitative estimate of drug-likeness (QED) is 0.820. The Bertz CT molecular complexity index is 414. The smallest absolute Gasteiger partial charge is 0.0837 e. The third-order valence-electron chi connectivity index (χ3n) is 2.87. The van der Waals surface area contributed by atoms with Crippen molar-refractivity contribution < 1.29 is 4.21 Å². The van der Waals surface area contributed by atoms with Crippen molar-refractivity contribution in [1.82, 2.24) is 5.32 Å². The fraction of sp³-hybridized carbons (Fsp3) is 0.500. The average Bonchev–Trinajstić information content (AvgIpc) is 2.38. The SMILES string of the molecule is CC(CCS(C)=O)NCC(C#N)c1ccccc1. The van der Waals surface area contributed by atoms with E-state index in [-0.39, 0.29) is 12.0 Å². The second-order valence-corrected chi connectivity index (χ2v) is 6.02. The Balaban J connectivity index is 2.41. The molecule has 1 aromatic rings. The summed E-state index contributed by atoms with van der Waals surface area (Å²) in [5.74, 6) is 0.581. The lowest BCUT2D eigenvalue weighted by Gasteiger charge is -2.16. The van der Waals surface area contributed by atoms with Gasteiger partial charge in [0, 0.05) is 35.4 Å². The molecule has 0 heterocycles. The number of hydrogen-bond donors (Lipinski definition) is 1. The van der Waals surface area contributed by atoms with E-state index < -0.39 is 10.8 Å². The number of hydrogen-bond acceptors (Lipinski definition) is 3. The molecule has 3 atom stereocenters. The summed E-state index contributed by atoms with van der Waals surface area (Å²) in [6.07, 6.45) is 2.59. The van der Waals surface area contributed by atoms with Gasteiger partial charge in [0.05, 0.1) is 12.0 Å². The molecule has 1 N–H and O–H groups in total. The van der Waals surface area contributed by atoms with Crippen LogP contribution >= 0.6 is 0 Å². The van der Waals surface area contributed by atoms with Crippen LogP contribution in [0.5, 0.6) is 0 Å². The minimum absolute atomic E-state index is 0.124. The monoisotopic (exact) mass is 264 g/mol. The number of rotatable bonds is 7. The summed E-state index contributed by atoms with van der Waals surface area (Å²) in [4.78, 5) is 0. The lowest BCUT2D eigenvalue weighted by Crippen LogP contribution is -2.31. The van der Waals surface area contributed by atoms with E-state index in [0.717, 1.165) is 12.0 Å². The van der Waals surface area contributed by atoms with E-state index in [1.807, 2.05) is 30.3 Å². The summed E-state index contributed by atoms with van der Waals surface area (Å²) in [5.41, 5.74) is 1.04. The van der Waals surface area contributed by atoms with Gasteiger partial charge in [-0.05, 0) is 18.9 Å². The second kappa shape index (κ2) is 8.02. The minimum Gasteiger partial charge on any atom is -0.313 e. The Morgan fingerprint density at radius 1 is 1.39 bits per heavy atom. The van der Waals surface area contributed by atoms with Crippen LogP contribution in [-0.2, 0) is 10.8 Å². The topological polar surface area (TPSA) is 52.9 Å². The number of nitrogens with one attached hydrogen (secondary N) is 1. The van der Waals surface area contributed by atoms with Crippen molar-refractivity contribution in [3.8, 4) is 6.07 Å². The van der Waals surface area contributed by atoms with Crippen molar-refractivity contribution in [1.29, 1.82) is 5.26 Å². The highest BCUT2D eigenvalue weighted by Gasteiger charge is 2.11. The molecule has 4 heteroatoms. The van der Waals surface area contributed by atoms with E-state index in [0.29, 0.717) is 12.3 Å². The number of nitrogens with zero attached hydrogens (tertiary/aromatic N) is 1. The summed E-state index contributed by atoms with van der Waals surface area (Å²) in [7, 11) is -0.743. The highest BCUT2D eigenvalue weighted by atomic mass is 32.2. The molecule has 0 spiro atoms. The summed E-state index contributed by atoms with van der Waals surface area (Å²) in [5, 5.41) is 12.5. The maximum absolute atomic E-state index is 11.0. The fourth-order valence-corrected chi connectivity index (χ4v) is 2.37. The van der Waals surface area contributed by atoms with Crippen molar-refractivity contribution >= 4 is 10.8 Å². The zero-order valence-corrected chi connectivity index (χ0v) is 11.7. The summed E-state index contributed by atoms with van der Waals surface area (Å²) < 4.78 is 11.0. The molecule has 0 radical (unpaired) electrons. The molecule has 0 aliphatic heterocycles. The number of nitriles is 1. The summed E-state index contributed by atoms with van der Waals surface area (Å²) >= 11 is 0. The molecule has 3 nitrogen and oxygen atoms in total. The van der Waals surface area contributed by atoms with Crippen LogP contribution in [0.2, 0.25) is 0 Å². The van der Waals surface area contributed by atoms with Crippen molar-refractivity contribution in [2.24, 2.45) is 0 Å². The predicted molar refractivity (Wildman–Crippen MR) is 75.8 cm³/mol. The van der Waals surface area contributed by atoms with Crippen LogP contribution in [0.25, 0.3) is 0 Å². The number of benzene rings is 1. The maximum Gasteiger partial charge on any atom is 0.0837 e. The zero-order chi connectivity index (χ0) is 13.4. The second-order valence-electron chi connectivity index (χ2n) is 4.47. The largest absolute Gasteiger partial charge is 0.313 e. The summed E-state index contributed by atoms with van der Waals surface area (Å²) in [6.45, 7) is 2.70. The van der Waals surface area contributed by atoms with Crippen molar-refractivity contribution in [2.75, 3.05) is 18.6 Å². The van der Waals surface area contributed by atoms with E-state index in [9.17, 15) is 9.47 Å². The Morgan fingerprint density at radius 3 is 2.61 bits per heavy atom. The average molecular weight is 264 g/mol. The Kier molecular flexibility index (Phi) is 6.63. The van der Waals surface area contributed by atoms with Gasteiger partial charge in [0.1, 0.15) is 0 Å². The van der Waals surface area contributed by atoms with Gasteiger partial charge in [-0.15, -0.1) is 0 Å². The van der Waals surface area contributed by atoms with Gasteiger partial charge in [-0.1, -0.05) is 30.3 Å². The molecular weight excluding hydrogens is 244 g/mol. The van der Waals surface area contributed by atoms with Crippen molar-refractivity contribution in [3.63, 3.8) is 0 Å². The third-order valence-corrected chi connectivity index (χ3v) is 3.68. The van der Waals surface area contributed by atoms with E-state index in [1.54, 1.807) is 6.26 Å². The molecule has 0 aliphatic rings. The van der Waals surface area contributed by atoms with Crippen LogP contribution in [0.4, 0.5) is 0 Å². The molecule has 0 saturated carbocycles. The first-order valence-electron chi connectivity index (χ1n) is 6.11. The molecule has 3 unspecified atom stereocenters. The van der Waals surface area contributed by atoms with Gasteiger partial charge in [0.2, 0.25) is 0 Å². The molecule has 0 amide bonds. The van der Waals surface area contributed by atoms with Gasteiger partial charge in [-0.2, -0.15) is 5.26 Å². The molecule has 1 aromatic carbocycles. The highest BCUT2D eigenvalue weighted by molar-refractivity contribution is 7.84. The van der Waals surface area contributed by atoms with Gasteiger partial charge in [-0.25, -0.2) is 0 Å². The highest BCUT2D eigenvalue weighted by Crippen LogP contribution is 2.13. The minimum atomic E-state index is -0.743. The van der Waals surface area contributed by atoms with Crippen LogP contribution in [0, 0.1) is 11.3 Å². The molecule has 98 valence electrons. The van der Waals surface area contributed by atoms with E-state index in [1.165, 1.54) is 0 Å². The van der Waals surface area contributed by atoms with Crippen LogP contribution in [0.3, 0.4) is 0 Å². The van der Waals surface area contributed by atoms with Gasteiger partial charge in [0.15, 0.2) is 0 Å². The molecular formula is C14H20N2OS. The lowest BCUT2D eigenvalue weighted by atomic mass is 10.0. The standard InChI is InChI=1S/C14H20N2OS/c1-12(8-9-18(2)17)16-11-14(10-15)13-6-4-3-5-7-13/h3-7,12,14,16H,8-9,11H2,1-2H3. The predicted octanol–water partition coefficient (Wildman–Crippen LogP) is 2.04. The zero-order valence-electron chi connectivity index (χ0n) is 10.9. The third kappa shape index (κ3) is 5.44. The molecule has 0 saturated heterocycles. The first-order chi connectivity index (χ1) is 8.63. The normalized spacial score (nSPS) is 15.6. The van der Waals surface area contributed by atoms with Gasteiger partial charge in [-0.3, -0.25) is 4.21 Å². The van der Waals surface area contributed by atoms with Gasteiger partial charge < -0.3 is 5.32 Å². The van der Waals surface area contributed by atoms with Crippen LogP contribution in [0.15, 0.2) is 30.3 Å². The first-order valence-corrected chi connectivity index (χ1v) is 7.84. The summed E-state index contributed by atoms with van der Waals surface area (Å²) in [6, 6.07) is 12.4. The lowest BCUT2D eigenvalue weighted by molar-refractivity contribution is 0.524. The van der Waals surface area contributed by atoms with Crippen LogP contribution in [0.1, 0.15) is 24.8 Å². The van der Waals surface area contributed by atoms with Crippen LogP contribution in [-0.4, -0.2) is 28.8 Å². The molecule has 0 fully saturated rings. The van der Waals surface area contributed by atoms with E-state index in [4.69, 9.17) is 0 Å². The molecule has 18 heavy (non-hydrogen) atoms. The van der Waals surface area contributed by atoms with E-state index >= 15 is 0 Å². The van der Waals surface area contributed by atoms with E-state index in [2.05, 4.69) is 18.3 Å². The molecule has 0 aromatic heterocycles. The first kappa shape index (κ1) is 14.9. The van der Waals surface area contributed by atoms with Crippen molar-refractivity contribution in [3.05, 3.63) is 35.9 Å². The fourth-order valence-electron chi connectivity index (χ4n) is 1.69. The van der Waals surface area contributed by atoms with Crippen molar-refractivity contribution in [2.45, 2.75) is 25.3 Å². The molecule has 1 rings (SSSR count). The molecule has 0 aliphatic carbocycles. The Morgan fingerprint density at radius 2 is 2.06 bits per heavy atom. The van der Waals surface area contributed by atoms with Gasteiger partial charge in [0.25, 0.3) is 0 Å².